The van der Waals surface area contributed by atoms with E-state index in [1.807, 2.05) is 0 Å². The van der Waals surface area contributed by atoms with E-state index >= 15 is 0 Å². The first kappa shape index (κ1) is 7.29. The SMILES string of the molecule is C#Cc1ccc(C(=O)[O-])nc1. The maximum Gasteiger partial charge on any atom is 0.0899 e. The van der Waals surface area contributed by atoms with Gasteiger partial charge in [-0.1, -0.05) is 5.92 Å². The zero-order valence-corrected chi connectivity index (χ0v) is 5.57. The maximum atomic E-state index is 10.2. The third kappa shape index (κ3) is 1.55. The Morgan fingerprint density at radius 1 is 1.64 bits per heavy atom. The van der Waals surface area contributed by atoms with Gasteiger partial charge in [-0.05, 0) is 12.1 Å². The zero-order valence-electron chi connectivity index (χ0n) is 5.57. The van der Waals surface area contributed by atoms with E-state index in [0.29, 0.717) is 5.56 Å². The predicted molar refractivity (Wildman–Crippen MR) is 36.5 cm³/mol. The highest BCUT2D eigenvalue weighted by Crippen LogP contribution is 1.96. The molecule has 0 fully saturated rings. The van der Waals surface area contributed by atoms with E-state index in [0.717, 1.165) is 0 Å². The number of hydrogen-bond acceptors (Lipinski definition) is 3. The van der Waals surface area contributed by atoms with Gasteiger partial charge in [-0.2, -0.15) is 0 Å². The molecule has 0 aliphatic carbocycles. The van der Waals surface area contributed by atoms with Crippen molar-refractivity contribution in [1.82, 2.24) is 4.98 Å². The lowest BCUT2D eigenvalue weighted by Gasteiger charge is -1.98. The third-order valence-electron chi connectivity index (χ3n) is 1.14. The summed E-state index contributed by atoms with van der Waals surface area (Å²) in [7, 11) is 0. The summed E-state index contributed by atoms with van der Waals surface area (Å²) in [5, 5.41) is 10.2. The van der Waals surface area contributed by atoms with Crippen molar-refractivity contribution in [2.75, 3.05) is 0 Å². The van der Waals surface area contributed by atoms with Gasteiger partial charge in [0.25, 0.3) is 0 Å². The highest BCUT2D eigenvalue weighted by molar-refractivity contribution is 5.83. The molecular formula is C8H4NO2-. The number of aromatic nitrogens is 1. The Kier molecular flexibility index (Phi) is 1.88. The lowest BCUT2D eigenvalue weighted by atomic mass is 10.2. The molecule has 1 heterocycles. The lowest BCUT2D eigenvalue weighted by Crippen LogP contribution is -2.23. The number of carbonyl (C=O) groups is 1. The van der Waals surface area contributed by atoms with Gasteiger partial charge in [0.05, 0.1) is 11.7 Å². The number of nitrogens with zero attached hydrogens (tertiary/aromatic N) is 1. The third-order valence-corrected chi connectivity index (χ3v) is 1.14. The van der Waals surface area contributed by atoms with Crippen molar-refractivity contribution in [3.63, 3.8) is 0 Å². The van der Waals surface area contributed by atoms with Crippen molar-refractivity contribution in [2.24, 2.45) is 0 Å². The van der Waals surface area contributed by atoms with Crippen LogP contribution in [-0.4, -0.2) is 11.0 Å². The lowest BCUT2D eigenvalue weighted by molar-refractivity contribution is -0.255. The minimum Gasteiger partial charge on any atom is -0.543 e. The van der Waals surface area contributed by atoms with Crippen LogP contribution in [0.2, 0.25) is 0 Å². The number of aromatic carboxylic acids is 1. The van der Waals surface area contributed by atoms with Crippen LogP contribution in [0, 0.1) is 12.3 Å². The Labute approximate surface area is 63.7 Å². The summed E-state index contributed by atoms with van der Waals surface area (Å²) in [5.41, 5.74) is 0.444. The Morgan fingerprint density at radius 2 is 2.36 bits per heavy atom. The average molecular weight is 146 g/mol. The summed E-state index contributed by atoms with van der Waals surface area (Å²) >= 11 is 0. The maximum absolute atomic E-state index is 10.2. The molecule has 3 heteroatoms. The minimum atomic E-state index is -1.30. The van der Waals surface area contributed by atoms with Crippen molar-refractivity contribution < 1.29 is 9.90 Å². The first-order valence-corrected chi connectivity index (χ1v) is 2.88. The normalized spacial score (nSPS) is 8.64. The molecular weight excluding hydrogens is 142 g/mol. The Morgan fingerprint density at radius 3 is 2.73 bits per heavy atom. The van der Waals surface area contributed by atoms with E-state index in [2.05, 4.69) is 10.9 Å². The Hall–Kier alpha value is -1.82. The number of rotatable bonds is 1. The van der Waals surface area contributed by atoms with Crippen LogP contribution < -0.4 is 5.11 Å². The van der Waals surface area contributed by atoms with E-state index in [1.54, 1.807) is 0 Å². The average Bonchev–Trinajstić information content (AvgIpc) is 2.05. The number of hydrogen-bond donors (Lipinski definition) is 0. The first-order valence-electron chi connectivity index (χ1n) is 2.88. The molecule has 11 heavy (non-hydrogen) atoms. The Balaban J connectivity index is 3.03. The molecule has 0 bridgehead atoms. The fraction of sp³-hybridized carbons (Fsp3) is 0. The molecule has 0 unspecified atom stereocenters. The fourth-order valence-electron chi connectivity index (χ4n) is 0.600. The summed E-state index contributed by atoms with van der Waals surface area (Å²) < 4.78 is 0. The van der Waals surface area contributed by atoms with Gasteiger partial charge in [0.15, 0.2) is 0 Å². The number of terminal acetylenes is 1. The van der Waals surface area contributed by atoms with Crippen molar-refractivity contribution in [3.05, 3.63) is 29.6 Å². The van der Waals surface area contributed by atoms with E-state index in [1.165, 1.54) is 18.3 Å². The van der Waals surface area contributed by atoms with Gasteiger partial charge in [0.1, 0.15) is 0 Å². The highest BCUT2D eigenvalue weighted by atomic mass is 16.4. The molecule has 0 aliphatic rings. The molecule has 0 radical (unpaired) electrons. The van der Waals surface area contributed by atoms with Crippen LogP contribution >= 0.6 is 0 Å². The molecule has 0 aliphatic heterocycles. The van der Waals surface area contributed by atoms with Crippen LogP contribution in [0.3, 0.4) is 0 Å². The van der Waals surface area contributed by atoms with Gasteiger partial charge >= 0.3 is 0 Å². The molecule has 0 spiro atoms. The van der Waals surface area contributed by atoms with E-state index in [9.17, 15) is 9.90 Å². The predicted octanol–water partition coefficient (Wildman–Crippen LogP) is -0.574. The monoisotopic (exact) mass is 146 g/mol. The topological polar surface area (TPSA) is 53.0 Å². The summed E-state index contributed by atoms with van der Waals surface area (Å²) in [6.07, 6.45) is 6.33. The largest absolute Gasteiger partial charge is 0.543 e. The van der Waals surface area contributed by atoms with Gasteiger partial charge in [-0.3, -0.25) is 4.98 Å². The summed E-state index contributed by atoms with van der Waals surface area (Å²) in [6, 6.07) is 2.81. The van der Waals surface area contributed by atoms with Crippen LogP contribution in [0.15, 0.2) is 18.3 Å². The number of pyridine rings is 1. The van der Waals surface area contributed by atoms with Gasteiger partial charge in [-0.25, -0.2) is 0 Å². The standard InChI is InChI=1S/C8H5NO2/c1-2-6-3-4-7(8(10)11)9-5-6/h1,3-5H,(H,10,11)/p-1. The molecule has 0 saturated heterocycles. The van der Waals surface area contributed by atoms with Gasteiger partial charge in [-0.15, -0.1) is 6.42 Å². The van der Waals surface area contributed by atoms with Crippen LogP contribution in [0.5, 0.6) is 0 Å². The van der Waals surface area contributed by atoms with Crippen LogP contribution in [-0.2, 0) is 0 Å². The van der Waals surface area contributed by atoms with Crippen molar-refractivity contribution in [3.8, 4) is 12.3 Å². The van der Waals surface area contributed by atoms with Crippen molar-refractivity contribution in [1.29, 1.82) is 0 Å². The molecule has 1 aromatic heterocycles. The highest BCUT2D eigenvalue weighted by Gasteiger charge is 1.92. The second kappa shape index (κ2) is 2.84. The van der Waals surface area contributed by atoms with Gasteiger partial charge in [0, 0.05) is 11.8 Å². The van der Waals surface area contributed by atoms with Gasteiger partial charge < -0.3 is 9.90 Å². The number of carbonyl (C=O) groups excluding carboxylic acids is 1. The molecule has 0 atom stereocenters. The molecule has 0 amide bonds. The summed E-state index contributed by atoms with van der Waals surface area (Å²) in [5.74, 6) is 1.02. The van der Waals surface area contributed by atoms with Crippen LogP contribution in [0.1, 0.15) is 16.1 Å². The van der Waals surface area contributed by atoms with Crippen LogP contribution in [0.25, 0.3) is 0 Å². The van der Waals surface area contributed by atoms with Gasteiger partial charge in [0.2, 0.25) is 0 Å². The summed E-state index contributed by atoms with van der Waals surface area (Å²) in [4.78, 5) is 13.7. The second-order valence-corrected chi connectivity index (χ2v) is 1.86. The van der Waals surface area contributed by atoms with Crippen LogP contribution in [0.4, 0.5) is 0 Å². The van der Waals surface area contributed by atoms with E-state index in [4.69, 9.17) is 6.42 Å². The molecule has 0 N–H and O–H groups in total. The molecule has 1 rings (SSSR count). The first-order chi connectivity index (χ1) is 5.24. The Bertz CT molecular complexity index is 308. The zero-order chi connectivity index (χ0) is 8.27. The molecule has 1 aromatic rings. The molecule has 0 aromatic carbocycles. The number of carboxylic acids is 1. The fourth-order valence-corrected chi connectivity index (χ4v) is 0.600. The minimum absolute atomic E-state index is 0.107. The molecule has 0 saturated carbocycles. The van der Waals surface area contributed by atoms with Crippen molar-refractivity contribution >= 4 is 5.97 Å². The summed E-state index contributed by atoms with van der Waals surface area (Å²) in [6.45, 7) is 0. The van der Waals surface area contributed by atoms with Crippen molar-refractivity contribution in [2.45, 2.75) is 0 Å². The smallest absolute Gasteiger partial charge is 0.0899 e. The second-order valence-electron chi connectivity index (χ2n) is 1.86. The van der Waals surface area contributed by atoms with E-state index < -0.39 is 5.97 Å². The molecule has 54 valence electrons. The number of carboxylic acid groups (broad SMARTS) is 1. The quantitative estimate of drug-likeness (QED) is 0.498. The van der Waals surface area contributed by atoms with E-state index in [-0.39, 0.29) is 5.69 Å². The molecule has 3 nitrogen and oxygen atoms in total.